The van der Waals surface area contributed by atoms with Crippen molar-refractivity contribution in [1.82, 2.24) is 9.55 Å². The largest absolute Gasteiger partial charge is 0.329 e. The van der Waals surface area contributed by atoms with Crippen molar-refractivity contribution in [2.24, 2.45) is 0 Å². The standard InChI is InChI=1S/C14H14N2O2/c1-9-4-3-7-16(14(9)18)12-8-11(12)10-5-2-6-15-13(10)17/h2-7,11-12H,8H2,1H3,(H,15,17). The van der Waals surface area contributed by atoms with E-state index in [0.717, 1.165) is 17.5 Å². The van der Waals surface area contributed by atoms with Crippen LogP contribution in [0.5, 0.6) is 0 Å². The van der Waals surface area contributed by atoms with Crippen molar-refractivity contribution in [3.05, 3.63) is 68.5 Å². The van der Waals surface area contributed by atoms with Crippen molar-refractivity contribution in [3.8, 4) is 0 Å². The van der Waals surface area contributed by atoms with Gasteiger partial charge in [0.25, 0.3) is 11.1 Å². The minimum atomic E-state index is -0.0503. The topological polar surface area (TPSA) is 54.9 Å². The van der Waals surface area contributed by atoms with Crippen molar-refractivity contribution in [3.63, 3.8) is 0 Å². The zero-order chi connectivity index (χ0) is 12.7. The van der Waals surface area contributed by atoms with E-state index >= 15 is 0 Å². The number of hydrogen-bond donors (Lipinski definition) is 1. The molecule has 18 heavy (non-hydrogen) atoms. The molecule has 1 fully saturated rings. The summed E-state index contributed by atoms with van der Waals surface area (Å²) < 4.78 is 1.74. The Morgan fingerprint density at radius 2 is 2.11 bits per heavy atom. The summed E-state index contributed by atoms with van der Waals surface area (Å²) in [6, 6.07) is 7.48. The minimum Gasteiger partial charge on any atom is -0.329 e. The maximum atomic E-state index is 12.0. The normalized spacial score (nSPS) is 21.8. The molecule has 1 aliphatic carbocycles. The molecule has 92 valence electrons. The Labute approximate surface area is 104 Å². The summed E-state index contributed by atoms with van der Waals surface area (Å²) >= 11 is 0. The Hall–Kier alpha value is -2.10. The zero-order valence-electron chi connectivity index (χ0n) is 10.1. The fraction of sp³-hybridized carbons (Fsp3) is 0.286. The van der Waals surface area contributed by atoms with E-state index in [-0.39, 0.29) is 23.1 Å². The van der Waals surface area contributed by atoms with Crippen LogP contribution in [0.3, 0.4) is 0 Å². The van der Waals surface area contributed by atoms with Gasteiger partial charge in [-0.2, -0.15) is 0 Å². The Morgan fingerprint density at radius 3 is 2.89 bits per heavy atom. The summed E-state index contributed by atoms with van der Waals surface area (Å²) in [5, 5.41) is 0. The number of rotatable bonds is 2. The SMILES string of the molecule is Cc1cccn(C2CC2c2ccc[nH]c2=O)c1=O. The van der Waals surface area contributed by atoms with Crippen LogP contribution in [0.4, 0.5) is 0 Å². The third-order valence-corrected chi connectivity index (χ3v) is 3.53. The summed E-state index contributed by atoms with van der Waals surface area (Å²) in [6.45, 7) is 1.81. The molecule has 0 saturated heterocycles. The molecule has 2 unspecified atom stereocenters. The quantitative estimate of drug-likeness (QED) is 0.869. The van der Waals surface area contributed by atoms with Crippen molar-refractivity contribution < 1.29 is 0 Å². The molecular formula is C14H14N2O2. The highest BCUT2D eigenvalue weighted by atomic mass is 16.1. The molecule has 1 N–H and O–H groups in total. The maximum absolute atomic E-state index is 12.0. The molecular weight excluding hydrogens is 228 g/mol. The molecule has 2 atom stereocenters. The number of hydrogen-bond acceptors (Lipinski definition) is 2. The van der Waals surface area contributed by atoms with Gasteiger partial charge in [0.05, 0.1) is 0 Å². The second-order valence-electron chi connectivity index (χ2n) is 4.77. The van der Waals surface area contributed by atoms with Crippen molar-refractivity contribution in [2.45, 2.75) is 25.3 Å². The first-order chi connectivity index (χ1) is 8.68. The van der Waals surface area contributed by atoms with Crippen LogP contribution < -0.4 is 11.1 Å². The van der Waals surface area contributed by atoms with Gasteiger partial charge in [-0.1, -0.05) is 12.1 Å². The number of aromatic amines is 1. The van der Waals surface area contributed by atoms with Gasteiger partial charge in [-0.05, 0) is 25.5 Å². The molecule has 0 radical (unpaired) electrons. The second-order valence-corrected chi connectivity index (χ2v) is 4.77. The third kappa shape index (κ3) is 1.70. The highest BCUT2D eigenvalue weighted by Crippen LogP contribution is 2.49. The lowest BCUT2D eigenvalue weighted by Gasteiger charge is -2.05. The number of pyridine rings is 2. The summed E-state index contributed by atoms with van der Waals surface area (Å²) in [7, 11) is 0. The fourth-order valence-electron chi connectivity index (χ4n) is 2.43. The highest BCUT2D eigenvalue weighted by molar-refractivity contribution is 5.25. The first-order valence-corrected chi connectivity index (χ1v) is 6.04. The summed E-state index contributed by atoms with van der Waals surface area (Å²) in [5.41, 5.74) is 1.50. The zero-order valence-corrected chi connectivity index (χ0v) is 10.1. The van der Waals surface area contributed by atoms with Crippen LogP contribution in [0, 0.1) is 6.92 Å². The monoisotopic (exact) mass is 242 g/mol. The van der Waals surface area contributed by atoms with Crippen molar-refractivity contribution >= 4 is 0 Å². The molecule has 2 aromatic rings. The van der Waals surface area contributed by atoms with E-state index < -0.39 is 0 Å². The van der Waals surface area contributed by atoms with E-state index in [1.54, 1.807) is 17.0 Å². The molecule has 1 saturated carbocycles. The molecule has 2 aromatic heterocycles. The summed E-state index contributed by atoms with van der Waals surface area (Å²) in [5.74, 6) is 0.162. The molecule has 1 aliphatic rings. The number of nitrogens with zero attached hydrogens (tertiary/aromatic N) is 1. The molecule has 4 heteroatoms. The van der Waals surface area contributed by atoms with E-state index in [4.69, 9.17) is 0 Å². The van der Waals surface area contributed by atoms with Gasteiger partial charge in [-0.25, -0.2) is 0 Å². The lowest BCUT2D eigenvalue weighted by molar-refractivity contribution is 0.679. The molecule has 4 nitrogen and oxygen atoms in total. The molecule has 2 heterocycles. The molecule has 0 bridgehead atoms. The number of aromatic nitrogens is 2. The fourth-order valence-corrected chi connectivity index (χ4v) is 2.43. The lowest BCUT2D eigenvalue weighted by atomic mass is 10.2. The van der Waals surface area contributed by atoms with Crippen LogP contribution in [0.25, 0.3) is 0 Å². The van der Waals surface area contributed by atoms with Crippen LogP contribution in [-0.4, -0.2) is 9.55 Å². The maximum Gasteiger partial charge on any atom is 0.253 e. The Balaban J connectivity index is 1.96. The van der Waals surface area contributed by atoms with Crippen molar-refractivity contribution in [1.29, 1.82) is 0 Å². The third-order valence-electron chi connectivity index (χ3n) is 3.53. The Bertz CT molecular complexity index is 699. The molecule has 0 spiro atoms. The molecule has 0 aromatic carbocycles. The number of nitrogens with one attached hydrogen (secondary N) is 1. The van der Waals surface area contributed by atoms with Gasteiger partial charge >= 0.3 is 0 Å². The van der Waals surface area contributed by atoms with Gasteiger partial charge in [0.1, 0.15) is 0 Å². The van der Waals surface area contributed by atoms with Gasteiger partial charge in [-0.15, -0.1) is 0 Å². The van der Waals surface area contributed by atoms with E-state index in [1.807, 2.05) is 31.2 Å². The first kappa shape index (κ1) is 11.0. The smallest absolute Gasteiger partial charge is 0.253 e. The van der Waals surface area contributed by atoms with Crippen molar-refractivity contribution in [2.75, 3.05) is 0 Å². The second kappa shape index (κ2) is 3.98. The molecule has 3 rings (SSSR count). The summed E-state index contributed by atoms with van der Waals surface area (Å²) in [6.07, 6.45) is 4.29. The van der Waals surface area contributed by atoms with Gasteiger partial charge < -0.3 is 9.55 Å². The predicted molar refractivity (Wildman–Crippen MR) is 68.9 cm³/mol. The molecule has 0 amide bonds. The highest BCUT2D eigenvalue weighted by Gasteiger charge is 2.41. The summed E-state index contributed by atoms with van der Waals surface area (Å²) in [4.78, 5) is 26.4. The van der Waals surface area contributed by atoms with Crippen LogP contribution in [0.2, 0.25) is 0 Å². The Morgan fingerprint density at radius 1 is 1.28 bits per heavy atom. The Kier molecular flexibility index (Phi) is 2.44. The van der Waals surface area contributed by atoms with E-state index in [0.29, 0.717) is 0 Å². The van der Waals surface area contributed by atoms with Crippen LogP contribution in [0.1, 0.15) is 29.5 Å². The van der Waals surface area contributed by atoms with Gasteiger partial charge in [0.15, 0.2) is 0 Å². The predicted octanol–water partition coefficient (Wildman–Crippen LogP) is 1.57. The molecule has 0 aliphatic heterocycles. The van der Waals surface area contributed by atoms with Gasteiger partial charge in [-0.3, -0.25) is 9.59 Å². The lowest BCUT2D eigenvalue weighted by Crippen LogP contribution is -2.21. The van der Waals surface area contributed by atoms with Gasteiger partial charge in [0, 0.05) is 35.5 Å². The van der Waals surface area contributed by atoms with E-state index in [1.165, 1.54) is 0 Å². The van der Waals surface area contributed by atoms with Crippen LogP contribution in [0.15, 0.2) is 46.2 Å². The number of H-pyrrole nitrogens is 1. The minimum absolute atomic E-state index is 0.0392. The van der Waals surface area contributed by atoms with E-state index in [9.17, 15) is 9.59 Å². The number of aryl methyl sites for hydroxylation is 1. The van der Waals surface area contributed by atoms with Crippen LogP contribution in [-0.2, 0) is 0 Å². The first-order valence-electron chi connectivity index (χ1n) is 6.04. The average Bonchev–Trinajstić information content (AvgIpc) is 3.13. The average molecular weight is 242 g/mol. The van der Waals surface area contributed by atoms with Crippen LogP contribution >= 0.6 is 0 Å². The van der Waals surface area contributed by atoms with E-state index in [2.05, 4.69) is 4.98 Å². The van der Waals surface area contributed by atoms with Gasteiger partial charge in [0.2, 0.25) is 0 Å².